The summed E-state index contributed by atoms with van der Waals surface area (Å²) in [6, 6.07) is 8.21. The molecule has 0 saturated carbocycles. The molecule has 1 heterocycles. The van der Waals surface area contributed by atoms with Gasteiger partial charge in [-0.3, -0.25) is 0 Å². The summed E-state index contributed by atoms with van der Waals surface area (Å²) in [5.41, 5.74) is 2.40. The Bertz CT molecular complexity index is 525. The highest BCUT2D eigenvalue weighted by atomic mass is 35.5. The first-order valence-electron chi connectivity index (χ1n) is 6.87. The van der Waals surface area contributed by atoms with Gasteiger partial charge < -0.3 is 9.73 Å². The summed E-state index contributed by atoms with van der Waals surface area (Å²) in [7, 11) is 0. The van der Waals surface area contributed by atoms with Gasteiger partial charge in [-0.1, -0.05) is 36.2 Å². The molecule has 0 radical (unpaired) electrons. The lowest BCUT2D eigenvalue weighted by Gasteiger charge is -2.18. The summed E-state index contributed by atoms with van der Waals surface area (Å²) in [5, 5.41) is 4.79. The molecule has 0 saturated heterocycles. The number of hydrogen-bond acceptors (Lipinski definition) is 2. The van der Waals surface area contributed by atoms with Crippen molar-refractivity contribution in [2.24, 2.45) is 0 Å². The molecule has 1 aromatic carbocycles. The maximum atomic E-state index is 6.08. The maximum Gasteiger partial charge on any atom is 0.0935 e. The minimum atomic E-state index is 0.366. The molecule has 0 aliphatic rings. The van der Waals surface area contributed by atoms with E-state index in [4.69, 9.17) is 27.6 Å². The van der Waals surface area contributed by atoms with Gasteiger partial charge in [-0.15, -0.1) is 0 Å². The lowest BCUT2D eigenvalue weighted by atomic mass is 10.0. The summed E-state index contributed by atoms with van der Waals surface area (Å²) < 4.78 is 5.14. The van der Waals surface area contributed by atoms with Crippen molar-refractivity contribution in [1.82, 2.24) is 5.32 Å². The van der Waals surface area contributed by atoms with E-state index in [0.717, 1.165) is 25.8 Å². The van der Waals surface area contributed by atoms with E-state index in [1.807, 2.05) is 24.3 Å². The quantitative estimate of drug-likeness (QED) is 0.799. The zero-order chi connectivity index (χ0) is 14.4. The molecule has 0 fully saturated rings. The van der Waals surface area contributed by atoms with Crippen molar-refractivity contribution in [3.8, 4) is 0 Å². The Balaban J connectivity index is 2.04. The third-order valence-electron chi connectivity index (χ3n) is 3.21. The highest BCUT2D eigenvalue weighted by Gasteiger charge is 2.11. The third-order valence-corrected chi connectivity index (χ3v) is 3.95. The molecule has 1 unspecified atom stereocenters. The fourth-order valence-corrected chi connectivity index (χ4v) is 2.53. The molecule has 108 valence electrons. The number of benzene rings is 1. The van der Waals surface area contributed by atoms with Gasteiger partial charge >= 0.3 is 0 Å². The van der Waals surface area contributed by atoms with E-state index >= 15 is 0 Å². The van der Waals surface area contributed by atoms with E-state index in [-0.39, 0.29) is 0 Å². The Labute approximate surface area is 130 Å². The second-order valence-electron chi connectivity index (χ2n) is 4.94. The van der Waals surface area contributed by atoms with E-state index in [1.165, 1.54) is 11.1 Å². The fourth-order valence-electron chi connectivity index (χ4n) is 2.21. The van der Waals surface area contributed by atoms with Crippen LogP contribution in [0.2, 0.25) is 10.0 Å². The molecule has 0 spiro atoms. The lowest BCUT2D eigenvalue weighted by molar-refractivity contribution is 0.499. The Morgan fingerprint density at radius 3 is 2.55 bits per heavy atom. The van der Waals surface area contributed by atoms with Crippen molar-refractivity contribution < 1.29 is 4.42 Å². The van der Waals surface area contributed by atoms with E-state index in [2.05, 4.69) is 12.2 Å². The van der Waals surface area contributed by atoms with E-state index in [1.54, 1.807) is 12.5 Å². The predicted molar refractivity (Wildman–Crippen MR) is 84.7 cm³/mol. The summed E-state index contributed by atoms with van der Waals surface area (Å²) in [5.74, 6) is 0. The zero-order valence-electron chi connectivity index (χ0n) is 11.5. The van der Waals surface area contributed by atoms with Crippen LogP contribution in [0.3, 0.4) is 0 Å². The van der Waals surface area contributed by atoms with Crippen LogP contribution in [-0.4, -0.2) is 12.6 Å². The number of rotatable bonds is 7. The Hall–Kier alpha value is -0.960. The van der Waals surface area contributed by atoms with Crippen LogP contribution < -0.4 is 5.32 Å². The Morgan fingerprint density at radius 2 is 1.90 bits per heavy atom. The second kappa shape index (κ2) is 7.72. The largest absolute Gasteiger partial charge is 0.472 e. The number of furan rings is 1. The van der Waals surface area contributed by atoms with Crippen LogP contribution >= 0.6 is 23.2 Å². The van der Waals surface area contributed by atoms with Gasteiger partial charge in [0.05, 0.1) is 22.6 Å². The summed E-state index contributed by atoms with van der Waals surface area (Å²) >= 11 is 12.0. The van der Waals surface area contributed by atoms with Crippen molar-refractivity contribution >= 4 is 23.2 Å². The average molecular weight is 312 g/mol. The summed E-state index contributed by atoms with van der Waals surface area (Å²) in [4.78, 5) is 0. The number of halogens is 2. The van der Waals surface area contributed by atoms with E-state index < -0.39 is 0 Å². The van der Waals surface area contributed by atoms with Gasteiger partial charge in [0, 0.05) is 6.04 Å². The highest BCUT2D eigenvalue weighted by molar-refractivity contribution is 6.42. The first kappa shape index (κ1) is 15.4. The highest BCUT2D eigenvalue weighted by Crippen LogP contribution is 2.23. The van der Waals surface area contributed by atoms with Crippen LogP contribution in [0, 0.1) is 0 Å². The van der Waals surface area contributed by atoms with E-state index in [0.29, 0.717) is 16.1 Å². The van der Waals surface area contributed by atoms with Gasteiger partial charge in [0.2, 0.25) is 0 Å². The van der Waals surface area contributed by atoms with Gasteiger partial charge in [-0.05, 0) is 55.1 Å². The van der Waals surface area contributed by atoms with Crippen molar-refractivity contribution in [3.05, 3.63) is 58.0 Å². The van der Waals surface area contributed by atoms with Gasteiger partial charge in [0.15, 0.2) is 0 Å². The number of hydrogen-bond donors (Lipinski definition) is 1. The molecule has 1 N–H and O–H groups in total. The van der Waals surface area contributed by atoms with Gasteiger partial charge in [-0.2, -0.15) is 0 Å². The SMILES string of the molecule is CCCNC(Cc1ccoc1)Cc1ccc(Cl)c(Cl)c1. The zero-order valence-corrected chi connectivity index (χ0v) is 13.0. The van der Waals surface area contributed by atoms with Crippen LogP contribution in [0.25, 0.3) is 0 Å². The molecular weight excluding hydrogens is 293 g/mol. The molecule has 2 nitrogen and oxygen atoms in total. The minimum absolute atomic E-state index is 0.366. The fraction of sp³-hybridized carbons (Fsp3) is 0.375. The van der Waals surface area contributed by atoms with Crippen molar-refractivity contribution in [1.29, 1.82) is 0 Å². The molecule has 2 rings (SSSR count). The van der Waals surface area contributed by atoms with Gasteiger partial charge in [0.1, 0.15) is 0 Å². The van der Waals surface area contributed by atoms with Gasteiger partial charge in [0.25, 0.3) is 0 Å². The molecule has 0 aliphatic carbocycles. The molecule has 0 aliphatic heterocycles. The molecule has 0 bridgehead atoms. The summed E-state index contributed by atoms with van der Waals surface area (Å²) in [6.07, 6.45) is 6.49. The second-order valence-corrected chi connectivity index (χ2v) is 5.75. The standard InChI is InChI=1S/C16H19Cl2NO/c1-2-6-19-14(9-13-5-7-20-11-13)8-12-3-4-15(17)16(18)10-12/h3-5,7,10-11,14,19H,2,6,8-9H2,1H3. The van der Waals surface area contributed by atoms with Crippen LogP contribution in [0.15, 0.2) is 41.2 Å². The minimum Gasteiger partial charge on any atom is -0.472 e. The first-order valence-corrected chi connectivity index (χ1v) is 7.63. The van der Waals surface area contributed by atoms with Gasteiger partial charge in [-0.25, -0.2) is 0 Å². The lowest BCUT2D eigenvalue weighted by Crippen LogP contribution is -2.33. The van der Waals surface area contributed by atoms with Crippen molar-refractivity contribution in [2.75, 3.05) is 6.54 Å². The van der Waals surface area contributed by atoms with Crippen LogP contribution in [-0.2, 0) is 12.8 Å². The van der Waals surface area contributed by atoms with Crippen molar-refractivity contribution in [2.45, 2.75) is 32.2 Å². The molecule has 1 atom stereocenters. The maximum absolute atomic E-state index is 6.08. The van der Waals surface area contributed by atoms with E-state index in [9.17, 15) is 0 Å². The van der Waals surface area contributed by atoms with Crippen LogP contribution in [0.1, 0.15) is 24.5 Å². The number of nitrogens with one attached hydrogen (secondary N) is 1. The Kier molecular flexibility index (Phi) is 5.96. The van der Waals surface area contributed by atoms with Crippen molar-refractivity contribution in [3.63, 3.8) is 0 Å². The molecule has 1 aromatic heterocycles. The topological polar surface area (TPSA) is 25.2 Å². The monoisotopic (exact) mass is 311 g/mol. The molecule has 20 heavy (non-hydrogen) atoms. The first-order chi connectivity index (χ1) is 9.69. The molecule has 0 amide bonds. The van der Waals surface area contributed by atoms with Crippen LogP contribution in [0.4, 0.5) is 0 Å². The Morgan fingerprint density at radius 1 is 1.10 bits per heavy atom. The normalized spacial score (nSPS) is 12.6. The average Bonchev–Trinajstić information content (AvgIpc) is 2.93. The summed E-state index contributed by atoms with van der Waals surface area (Å²) in [6.45, 7) is 3.17. The predicted octanol–water partition coefficient (Wildman–Crippen LogP) is 4.74. The third kappa shape index (κ3) is 4.55. The molecule has 4 heteroatoms. The molecule has 2 aromatic rings. The molecular formula is C16H19Cl2NO. The smallest absolute Gasteiger partial charge is 0.0935 e. The van der Waals surface area contributed by atoms with Crippen LogP contribution in [0.5, 0.6) is 0 Å².